The number of nitrogens with zero attached hydrogens (tertiary/aromatic N) is 3. The van der Waals surface area contributed by atoms with Crippen molar-refractivity contribution in [2.45, 2.75) is 18.5 Å². The third kappa shape index (κ3) is 3.77. The topological polar surface area (TPSA) is 46.1 Å². The van der Waals surface area contributed by atoms with Crippen molar-refractivity contribution in [3.63, 3.8) is 0 Å². The average Bonchev–Trinajstić information content (AvgIpc) is 3.37. The molecule has 0 unspecified atom stereocenters. The van der Waals surface area contributed by atoms with Crippen LogP contribution in [-0.4, -0.2) is 28.8 Å². The molecular weight excluding hydrogens is 387 g/mol. The summed E-state index contributed by atoms with van der Waals surface area (Å²) in [5.41, 5.74) is 0.350. The Bertz CT molecular complexity index is 988. The van der Waals surface area contributed by atoms with E-state index in [1.165, 1.54) is 35.2 Å². The van der Waals surface area contributed by atoms with Crippen LogP contribution < -0.4 is 4.90 Å². The maximum Gasteiger partial charge on any atom is 0.416 e. The van der Waals surface area contributed by atoms with Crippen LogP contribution in [0.2, 0.25) is 0 Å². The van der Waals surface area contributed by atoms with Crippen LogP contribution in [0.1, 0.15) is 38.7 Å². The summed E-state index contributed by atoms with van der Waals surface area (Å²) in [6.07, 6.45) is 1.52. The highest BCUT2D eigenvalue weighted by Gasteiger charge is 2.31. The molecular formula is C20H16F3N3OS. The fourth-order valence-electron chi connectivity index (χ4n) is 3.32. The Labute approximate surface area is 163 Å². The molecule has 0 saturated carbocycles. The number of ketones is 1. The molecule has 144 valence electrons. The summed E-state index contributed by atoms with van der Waals surface area (Å²) in [5.74, 6) is -0.0990. The maximum atomic E-state index is 12.9. The maximum absolute atomic E-state index is 12.9. The number of alkyl halides is 3. The molecule has 0 radical (unpaired) electrons. The van der Waals surface area contributed by atoms with Crippen LogP contribution in [0.15, 0.2) is 55.0 Å². The second-order valence-electron chi connectivity index (χ2n) is 6.63. The van der Waals surface area contributed by atoms with E-state index >= 15 is 0 Å². The summed E-state index contributed by atoms with van der Waals surface area (Å²) < 4.78 is 38.7. The first-order chi connectivity index (χ1) is 13.4. The normalized spacial score (nSPS) is 17.1. The van der Waals surface area contributed by atoms with Crippen LogP contribution in [-0.2, 0) is 6.18 Å². The van der Waals surface area contributed by atoms with Gasteiger partial charge in [-0.05, 0) is 30.2 Å². The van der Waals surface area contributed by atoms with Gasteiger partial charge in [-0.25, -0.2) is 4.98 Å². The fourth-order valence-corrected chi connectivity index (χ4v) is 4.23. The Kier molecular flexibility index (Phi) is 4.89. The minimum atomic E-state index is -4.48. The number of benzene rings is 1. The van der Waals surface area contributed by atoms with Crippen molar-refractivity contribution >= 4 is 22.3 Å². The van der Waals surface area contributed by atoms with Crippen LogP contribution in [0.3, 0.4) is 0 Å². The van der Waals surface area contributed by atoms with Gasteiger partial charge in [0.05, 0.1) is 16.6 Å². The number of aromatic nitrogens is 2. The van der Waals surface area contributed by atoms with E-state index in [1.807, 2.05) is 18.3 Å². The monoisotopic (exact) mass is 403 g/mol. The lowest BCUT2D eigenvalue weighted by molar-refractivity contribution is -0.137. The Balaban J connectivity index is 1.50. The lowest BCUT2D eigenvalue weighted by Crippen LogP contribution is -2.18. The van der Waals surface area contributed by atoms with Gasteiger partial charge in [0.25, 0.3) is 0 Å². The molecule has 1 aliphatic heterocycles. The van der Waals surface area contributed by atoms with Gasteiger partial charge >= 0.3 is 6.18 Å². The fraction of sp³-hybridized carbons (Fsp3) is 0.250. The number of thiazole rings is 1. The molecule has 0 amide bonds. The highest BCUT2D eigenvalue weighted by molar-refractivity contribution is 7.17. The van der Waals surface area contributed by atoms with Crippen LogP contribution in [0.5, 0.6) is 0 Å². The van der Waals surface area contributed by atoms with Crippen molar-refractivity contribution in [1.82, 2.24) is 9.97 Å². The van der Waals surface area contributed by atoms with Gasteiger partial charge in [-0.15, -0.1) is 0 Å². The van der Waals surface area contributed by atoms with Crippen molar-refractivity contribution in [3.05, 3.63) is 76.6 Å². The minimum absolute atomic E-state index is 0.0136. The van der Waals surface area contributed by atoms with E-state index in [1.54, 1.807) is 6.20 Å². The van der Waals surface area contributed by atoms with Crippen LogP contribution >= 0.6 is 11.3 Å². The predicted molar refractivity (Wildman–Crippen MR) is 101 cm³/mol. The lowest BCUT2D eigenvalue weighted by atomic mass is 10.0. The van der Waals surface area contributed by atoms with Crippen LogP contribution in [0.4, 0.5) is 18.3 Å². The molecule has 1 atom stereocenters. The number of pyridine rings is 1. The molecule has 0 N–H and O–H groups in total. The summed E-state index contributed by atoms with van der Waals surface area (Å²) in [6, 6.07) is 8.44. The second-order valence-corrected chi connectivity index (χ2v) is 7.64. The number of carbonyl (C=O) groups excluding carboxylic acids is 1. The molecule has 1 aromatic carbocycles. The molecule has 0 bridgehead atoms. The zero-order valence-electron chi connectivity index (χ0n) is 14.7. The van der Waals surface area contributed by atoms with Gasteiger partial charge < -0.3 is 4.90 Å². The zero-order valence-corrected chi connectivity index (χ0v) is 15.5. The summed E-state index contributed by atoms with van der Waals surface area (Å²) in [6.45, 7) is 1.58. The predicted octanol–water partition coefficient (Wildman–Crippen LogP) is 4.78. The SMILES string of the molecule is O=C(c1cccc(C(F)(F)F)c1)c1cnc(N2CC[C@@H](c3cccnc3)C2)s1. The van der Waals surface area contributed by atoms with E-state index in [9.17, 15) is 18.0 Å². The van der Waals surface area contributed by atoms with E-state index in [2.05, 4.69) is 14.9 Å². The Morgan fingerprint density at radius 2 is 2.04 bits per heavy atom. The molecule has 3 heterocycles. The number of rotatable bonds is 4. The van der Waals surface area contributed by atoms with Crippen molar-refractivity contribution in [3.8, 4) is 0 Å². The molecule has 28 heavy (non-hydrogen) atoms. The largest absolute Gasteiger partial charge is 0.416 e. The number of hydrogen-bond donors (Lipinski definition) is 0. The van der Waals surface area contributed by atoms with Crippen molar-refractivity contribution < 1.29 is 18.0 Å². The Hall–Kier alpha value is -2.74. The summed E-state index contributed by atoms with van der Waals surface area (Å²) in [7, 11) is 0. The summed E-state index contributed by atoms with van der Waals surface area (Å²) in [4.78, 5) is 23.5. The molecule has 3 aromatic rings. The van der Waals surface area contributed by atoms with Crippen LogP contribution in [0, 0.1) is 0 Å². The van der Waals surface area contributed by atoms with E-state index in [0.717, 1.165) is 31.6 Å². The number of hydrogen-bond acceptors (Lipinski definition) is 5. The van der Waals surface area contributed by atoms with Crippen molar-refractivity contribution in [2.24, 2.45) is 0 Å². The minimum Gasteiger partial charge on any atom is -0.347 e. The van der Waals surface area contributed by atoms with Gasteiger partial charge in [0.15, 0.2) is 5.13 Å². The summed E-state index contributed by atoms with van der Waals surface area (Å²) in [5, 5.41) is 0.710. The highest BCUT2D eigenvalue weighted by atomic mass is 32.1. The molecule has 1 aliphatic rings. The smallest absolute Gasteiger partial charge is 0.347 e. The molecule has 4 nitrogen and oxygen atoms in total. The van der Waals surface area contributed by atoms with Gasteiger partial charge in [-0.3, -0.25) is 9.78 Å². The molecule has 1 fully saturated rings. The van der Waals surface area contributed by atoms with Gasteiger partial charge in [-0.1, -0.05) is 29.5 Å². The third-order valence-corrected chi connectivity index (χ3v) is 5.84. The zero-order chi connectivity index (χ0) is 19.7. The first kappa shape index (κ1) is 18.6. The number of halogens is 3. The first-order valence-corrected chi connectivity index (χ1v) is 9.56. The Morgan fingerprint density at radius 3 is 2.79 bits per heavy atom. The molecule has 2 aromatic heterocycles. The molecule has 0 spiro atoms. The van der Waals surface area contributed by atoms with E-state index in [-0.39, 0.29) is 5.56 Å². The molecule has 4 rings (SSSR count). The molecule has 0 aliphatic carbocycles. The number of carbonyl (C=O) groups is 1. The van der Waals surface area contributed by atoms with Crippen molar-refractivity contribution in [1.29, 1.82) is 0 Å². The number of anilines is 1. The quantitative estimate of drug-likeness (QED) is 0.588. The first-order valence-electron chi connectivity index (χ1n) is 8.74. The highest BCUT2D eigenvalue weighted by Crippen LogP contribution is 2.34. The lowest BCUT2D eigenvalue weighted by Gasteiger charge is -2.14. The van der Waals surface area contributed by atoms with Gasteiger partial charge in [0, 0.05) is 37.0 Å². The van der Waals surface area contributed by atoms with Crippen molar-refractivity contribution in [2.75, 3.05) is 18.0 Å². The van der Waals surface area contributed by atoms with E-state index in [4.69, 9.17) is 0 Å². The van der Waals surface area contributed by atoms with E-state index < -0.39 is 17.5 Å². The van der Waals surface area contributed by atoms with E-state index in [0.29, 0.717) is 15.9 Å². The third-order valence-electron chi connectivity index (χ3n) is 4.78. The summed E-state index contributed by atoms with van der Waals surface area (Å²) >= 11 is 1.21. The second kappa shape index (κ2) is 7.35. The average molecular weight is 403 g/mol. The van der Waals surface area contributed by atoms with Gasteiger partial charge in [-0.2, -0.15) is 13.2 Å². The van der Waals surface area contributed by atoms with Gasteiger partial charge in [0.2, 0.25) is 5.78 Å². The molecule has 8 heteroatoms. The standard InChI is InChI=1S/C20H16F3N3OS/c21-20(22,23)16-5-1-3-13(9-16)18(27)17-11-25-19(28-17)26-8-6-15(12-26)14-4-2-7-24-10-14/h1-5,7,9-11,15H,6,8,12H2/t15-/m1/s1. The Morgan fingerprint density at radius 1 is 1.18 bits per heavy atom. The van der Waals surface area contributed by atoms with Crippen LogP contribution in [0.25, 0.3) is 0 Å². The van der Waals surface area contributed by atoms with Gasteiger partial charge in [0.1, 0.15) is 0 Å². The molecule has 1 saturated heterocycles.